The van der Waals surface area contributed by atoms with Gasteiger partial charge in [-0.15, -0.1) is 11.3 Å². The zero-order valence-electron chi connectivity index (χ0n) is 9.16. The summed E-state index contributed by atoms with van der Waals surface area (Å²) in [6.45, 7) is 8.28. The molecule has 3 nitrogen and oxygen atoms in total. The van der Waals surface area contributed by atoms with Crippen LogP contribution >= 0.6 is 11.3 Å². The number of nitrogens with one attached hydrogen (secondary N) is 1. The third-order valence-electron chi connectivity index (χ3n) is 2.02. The molecule has 0 aliphatic carbocycles. The van der Waals surface area contributed by atoms with Gasteiger partial charge in [-0.25, -0.2) is 4.98 Å². The second-order valence-corrected chi connectivity index (χ2v) is 5.10. The SMILES string of the molecule is Cc1ncsc1C(C)NCC(C)(C)O. The van der Waals surface area contributed by atoms with Crippen LogP contribution < -0.4 is 5.32 Å². The minimum absolute atomic E-state index is 0.258. The van der Waals surface area contributed by atoms with E-state index in [-0.39, 0.29) is 6.04 Å². The Morgan fingerprint density at radius 1 is 1.64 bits per heavy atom. The summed E-state index contributed by atoms with van der Waals surface area (Å²) >= 11 is 1.65. The van der Waals surface area contributed by atoms with Crippen LogP contribution in [0.2, 0.25) is 0 Å². The molecule has 14 heavy (non-hydrogen) atoms. The summed E-state index contributed by atoms with van der Waals surface area (Å²) in [6.07, 6.45) is 0. The van der Waals surface area contributed by atoms with Gasteiger partial charge in [-0.2, -0.15) is 0 Å². The van der Waals surface area contributed by atoms with Crippen LogP contribution in [0.4, 0.5) is 0 Å². The molecule has 1 atom stereocenters. The number of aromatic nitrogens is 1. The number of nitrogens with zero attached hydrogens (tertiary/aromatic N) is 1. The van der Waals surface area contributed by atoms with Crippen molar-refractivity contribution in [1.82, 2.24) is 10.3 Å². The Balaban J connectivity index is 2.51. The molecule has 1 aromatic rings. The topological polar surface area (TPSA) is 45.2 Å². The number of hydrogen-bond acceptors (Lipinski definition) is 4. The number of aliphatic hydroxyl groups is 1. The summed E-state index contributed by atoms with van der Waals surface area (Å²) in [5.74, 6) is 0. The van der Waals surface area contributed by atoms with Crippen LogP contribution in [-0.2, 0) is 0 Å². The minimum atomic E-state index is -0.660. The third-order valence-corrected chi connectivity index (χ3v) is 3.13. The summed E-state index contributed by atoms with van der Waals surface area (Å²) in [7, 11) is 0. The number of thiazole rings is 1. The van der Waals surface area contributed by atoms with E-state index in [1.54, 1.807) is 25.2 Å². The van der Waals surface area contributed by atoms with Crippen molar-refractivity contribution in [3.8, 4) is 0 Å². The van der Waals surface area contributed by atoms with Crippen LogP contribution in [0.25, 0.3) is 0 Å². The third kappa shape index (κ3) is 3.36. The second-order valence-electron chi connectivity index (χ2n) is 4.22. The molecule has 4 heteroatoms. The van der Waals surface area contributed by atoms with Gasteiger partial charge in [0.2, 0.25) is 0 Å². The largest absolute Gasteiger partial charge is 0.389 e. The van der Waals surface area contributed by atoms with Crippen molar-refractivity contribution in [2.24, 2.45) is 0 Å². The molecular formula is C10H18N2OS. The van der Waals surface area contributed by atoms with Gasteiger partial charge >= 0.3 is 0 Å². The summed E-state index contributed by atoms with van der Waals surface area (Å²) < 4.78 is 0. The Hall–Kier alpha value is -0.450. The van der Waals surface area contributed by atoms with Gasteiger partial charge in [0.25, 0.3) is 0 Å². The Kier molecular flexibility index (Phi) is 3.64. The molecule has 1 aromatic heterocycles. The molecule has 0 spiro atoms. The van der Waals surface area contributed by atoms with Gasteiger partial charge in [-0.3, -0.25) is 0 Å². The Bertz CT molecular complexity index is 291. The first kappa shape index (κ1) is 11.6. The van der Waals surface area contributed by atoms with E-state index in [9.17, 15) is 5.11 Å². The molecule has 1 rings (SSSR count). The van der Waals surface area contributed by atoms with Crippen LogP contribution in [0.15, 0.2) is 5.51 Å². The Labute approximate surface area is 89.2 Å². The molecule has 0 fully saturated rings. The van der Waals surface area contributed by atoms with Gasteiger partial charge in [-0.05, 0) is 27.7 Å². The number of aryl methyl sites for hydroxylation is 1. The zero-order valence-corrected chi connectivity index (χ0v) is 9.98. The maximum atomic E-state index is 9.56. The summed E-state index contributed by atoms with van der Waals surface area (Å²) in [6, 6.07) is 0.258. The molecule has 0 aliphatic heterocycles. The first-order valence-electron chi connectivity index (χ1n) is 4.76. The average molecular weight is 214 g/mol. The molecule has 0 radical (unpaired) electrons. The first-order valence-corrected chi connectivity index (χ1v) is 5.64. The van der Waals surface area contributed by atoms with E-state index in [0.29, 0.717) is 6.54 Å². The quantitative estimate of drug-likeness (QED) is 0.804. The molecule has 0 saturated heterocycles. The molecule has 0 bridgehead atoms. The Morgan fingerprint density at radius 2 is 2.29 bits per heavy atom. The lowest BCUT2D eigenvalue weighted by Gasteiger charge is -2.21. The lowest BCUT2D eigenvalue weighted by atomic mass is 10.1. The van der Waals surface area contributed by atoms with Crippen LogP contribution in [0.1, 0.15) is 37.4 Å². The number of rotatable bonds is 4. The maximum Gasteiger partial charge on any atom is 0.0798 e. The van der Waals surface area contributed by atoms with Gasteiger partial charge in [-0.1, -0.05) is 0 Å². The predicted molar refractivity (Wildman–Crippen MR) is 59.6 cm³/mol. The van der Waals surface area contributed by atoms with E-state index < -0.39 is 5.60 Å². The fourth-order valence-electron chi connectivity index (χ4n) is 1.22. The van der Waals surface area contributed by atoms with Crippen LogP contribution in [0.3, 0.4) is 0 Å². The van der Waals surface area contributed by atoms with E-state index in [2.05, 4.69) is 17.2 Å². The Morgan fingerprint density at radius 3 is 2.71 bits per heavy atom. The van der Waals surface area contributed by atoms with Crippen LogP contribution in [-0.4, -0.2) is 22.2 Å². The molecule has 1 heterocycles. The van der Waals surface area contributed by atoms with Crippen molar-refractivity contribution < 1.29 is 5.11 Å². The minimum Gasteiger partial charge on any atom is -0.389 e. The van der Waals surface area contributed by atoms with Gasteiger partial charge in [0.15, 0.2) is 0 Å². The van der Waals surface area contributed by atoms with Gasteiger partial charge in [0.05, 0.1) is 16.8 Å². The molecule has 0 amide bonds. The normalized spacial score (nSPS) is 14.4. The highest BCUT2D eigenvalue weighted by atomic mass is 32.1. The van der Waals surface area contributed by atoms with Crippen molar-refractivity contribution >= 4 is 11.3 Å². The van der Waals surface area contributed by atoms with Crippen molar-refractivity contribution in [2.75, 3.05) is 6.54 Å². The highest BCUT2D eigenvalue weighted by Crippen LogP contribution is 2.21. The summed E-state index contributed by atoms with van der Waals surface area (Å²) in [5.41, 5.74) is 2.27. The highest BCUT2D eigenvalue weighted by molar-refractivity contribution is 7.09. The molecule has 2 N–H and O–H groups in total. The van der Waals surface area contributed by atoms with Crippen LogP contribution in [0.5, 0.6) is 0 Å². The van der Waals surface area contributed by atoms with Crippen LogP contribution in [0, 0.1) is 6.92 Å². The van der Waals surface area contributed by atoms with Crippen molar-refractivity contribution in [3.63, 3.8) is 0 Å². The monoisotopic (exact) mass is 214 g/mol. The summed E-state index contributed by atoms with van der Waals surface area (Å²) in [5, 5.41) is 12.8. The fourth-order valence-corrected chi connectivity index (χ4v) is 2.06. The van der Waals surface area contributed by atoms with E-state index in [1.807, 2.05) is 12.4 Å². The van der Waals surface area contributed by atoms with Crippen molar-refractivity contribution in [3.05, 3.63) is 16.1 Å². The second kappa shape index (κ2) is 4.38. The average Bonchev–Trinajstić information content (AvgIpc) is 2.46. The van der Waals surface area contributed by atoms with E-state index in [0.717, 1.165) is 5.69 Å². The molecule has 1 unspecified atom stereocenters. The molecule has 80 valence electrons. The standard InChI is InChI=1S/C10H18N2OS/c1-7(11-5-10(3,4)13)9-8(2)12-6-14-9/h6-7,11,13H,5H2,1-4H3. The smallest absolute Gasteiger partial charge is 0.0798 e. The summed E-state index contributed by atoms with van der Waals surface area (Å²) in [4.78, 5) is 5.44. The molecule has 0 aromatic carbocycles. The van der Waals surface area contributed by atoms with Gasteiger partial charge in [0, 0.05) is 17.5 Å². The lowest BCUT2D eigenvalue weighted by molar-refractivity contribution is 0.0771. The van der Waals surface area contributed by atoms with Crippen molar-refractivity contribution in [2.45, 2.75) is 39.3 Å². The maximum absolute atomic E-state index is 9.56. The molecular weight excluding hydrogens is 196 g/mol. The van der Waals surface area contributed by atoms with Gasteiger partial charge in [0.1, 0.15) is 0 Å². The fraction of sp³-hybridized carbons (Fsp3) is 0.700. The van der Waals surface area contributed by atoms with E-state index >= 15 is 0 Å². The zero-order chi connectivity index (χ0) is 10.8. The van der Waals surface area contributed by atoms with E-state index in [4.69, 9.17) is 0 Å². The predicted octanol–water partition coefficient (Wildman–Crippen LogP) is 1.87. The number of hydrogen-bond donors (Lipinski definition) is 2. The first-order chi connectivity index (χ1) is 6.40. The lowest BCUT2D eigenvalue weighted by Crippen LogP contribution is -2.36. The van der Waals surface area contributed by atoms with Gasteiger partial charge < -0.3 is 10.4 Å². The molecule has 0 aliphatic rings. The van der Waals surface area contributed by atoms with E-state index in [1.165, 1.54) is 4.88 Å². The molecule has 0 saturated carbocycles. The van der Waals surface area contributed by atoms with Crippen molar-refractivity contribution in [1.29, 1.82) is 0 Å². The highest BCUT2D eigenvalue weighted by Gasteiger charge is 2.16.